The van der Waals surface area contributed by atoms with Crippen molar-refractivity contribution in [2.45, 2.75) is 31.3 Å². The standard InChI is InChI=1S/C11H22N2O3/c1-16-7-6-13-10(14)9-2-4-11(15,8-12)5-3-9/h9,15H,2-8,12H2,1H3,(H,13,14). The van der Waals surface area contributed by atoms with E-state index in [1.165, 1.54) is 0 Å². The summed E-state index contributed by atoms with van der Waals surface area (Å²) in [4.78, 5) is 11.7. The van der Waals surface area contributed by atoms with Crippen molar-refractivity contribution in [2.75, 3.05) is 26.8 Å². The van der Waals surface area contributed by atoms with E-state index in [0.29, 0.717) is 38.8 Å². The molecule has 0 radical (unpaired) electrons. The first-order chi connectivity index (χ1) is 7.61. The first-order valence-corrected chi connectivity index (χ1v) is 5.80. The van der Waals surface area contributed by atoms with Gasteiger partial charge in [0.05, 0.1) is 12.2 Å². The molecule has 0 unspecified atom stereocenters. The van der Waals surface area contributed by atoms with Gasteiger partial charge in [0.2, 0.25) is 5.91 Å². The Labute approximate surface area is 96.3 Å². The molecule has 1 rings (SSSR count). The maximum Gasteiger partial charge on any atom is 0.223 e. The zero-order valence-corrected chi connectivity index (χ0v) is 9.87. The molecule has 94 valence electrons. The lowest BCUT2D eigenvalue weighted by atomic mass is 9.78. The molecule has 5 heteroatoms. The zero-order chi connectivity index (χ0) is 12.0. The van der Waals surface area contributed by atoms with E-state index in [4.69, 9.17) is 10.5 Å². The van der Waals surface area contributed by atoms with Crippen LogP contribution in [0.5, 0.6) is 0 Å². The van der Waals surface area contributed by atoms with Gasteiger partial charge >= 0.3 is 0 Å². The molecule has 0 heterocycles. The Balaban J connectivity index is 2.27. The number of hydrogen-bond donors (Lipinski definition) is 3. The van der Waals surface area contributed by atoms with Crippen LogP contribution in [-0.2, 0) is 9.53 Å². The minimum absolute atomic E-state index is 0.0173. The summed E-state index contributed by atoms with van der Waals surface area (Å²) in [7, 11) is 1.61. The molecule has 0 saturated heterocycles. The van der Waals surface area contributed by atoms with Crippen LogP contribution in [0.25, 0.3) is 0 Å². The first kappa shape index (κ1) is 13.4. The van der Waals surface area contributed by atoms with Crippen LogP contribution in [0, 0.1) is 5.92 Å². The van der Waals surface area contributed by atoms with E-state index >= 15 is 0 Å². The highest BCUT2D eigenvalue weighted by molar-refractivity contribution is 5.78. The lowest BCUT2D eigenvalue weighted by molar-refractivity contribution is -0.127. The van der Waals surface area contributed by atoms with E-state index in [9.17, 15) is 9.90 Å². The number of nitrogens with one attached hydrogen (secondary N) is 1. The molecule has 1 aliphatic carbocycles. The fourth-order valence-corrected chi connectivity index (χ4v) is 2.04. The highest BCUT2D eigenvalue weighted by Gasteiger charge is 2.34. The van der Waals surface area contributed by atoms with Gasteiger partial charge in [-0.2, -0.15) is 0 Å². The molecular weight excluding hydrogens is 208 g/mol. The van der Waals surface area contributed by atoms with Crippen molar-refractivity contribution in [3.63, 3.8) is 0 Å². The summed E-state index contributed by atoms with van der Waals surface area (Å²) < 4.78 is 4.86. The third-order valence-corrected chi connectivity index (χ3v) is 3.27. The van der Waals surface area contributed by atoms with Crippen LogP contribution >= 0.6 is 0 Å². The Morgan fingerprint density at radius 2 is 2.19 bits per heavy atom. The molecule has 0 spiro atoms. The highest BCUT2D eigenvalue weighted by Crippen LogP contribution is 2.31. The maximum atomic E-state index is 11.7. The zero-order valence-electron chi connectivity index (χ0n) is 9.87. The van der Waals surface area contributed by atoms with Gasteiger partial charge in [-0.3, -0.25) is 4.79 Å². The van der Waals surface area contributed by atoms with Crippen LogP contribution in [0.4, 0.5) is 0 Å². The Morgan fingerprint density at radius 1 is 1.56 bits per heavy atom. The summed E-state index contributed by atoms with van der Waals surface area (Å²) >= 11 is 0. The molecular formula is C11H22N2O3. The van der Waals surface area contributed by atoms with E-state index in [0.717, 1.165) is 0 Å². The lowest BCUT2D eigenvalue weighted by Crippen LogP contribution is -2.44. The average molecular weight is 230 g/mol. The fourth-order valence-electron chi connectivity index (χ4n) is 2.04. The van der Waals surface area contributed by atoms with Gasteiger partial charge in [0.1, 0.15) is 0 Å². The average Bonchev–Trinajstić information content (AvgIpc) is 2.30. The van der Waals surface area contributed by atoms with Crippen molar-refractivity contribution in [3.8, 4) is 0 Å². The molecule has 4 N–H and O–H groups in total. The molecule has 1 fully saturated rings. The van der Waals surface area contributed by atoms with Crippen LogP contribution in [0.15, 0.2) is 0 Å². The summed E-state index contributed by atoms with van der Waals surface area (Å²) in [5.74, 6) is 0.0832. The topological polar surface area (TPSA) is 84.6 Å². The molecule has 0 bridgehead atoms. The number of ether oxygens (including phenoxy) is 1. The van der Waals surface area contributed by atoms with Crippen LogP contribution in [0.1, 0.15) is 25.7 Å². The van der Waals surface area contributed by atoms with E-state index in [1.54, 1.807) is 7.11 Å². The lowest BCUT2D eigenvalue weighted by Gasteiger charge is -2.34. The Kier molecular flexibility index (Phi) is 5.18. The Bertz CT molecular complexity index is 225. The second-order valence-corrected chi connectivity index (χ2v) is 4.49. The van der Waals surface area contributed by atoms with Crippen molar-refractivity contribution >= 4 is 5.91 Å². The highest BCUT2D eigenvalue weighted by atomic mass is 16.5. The summed E-state index contributed by atoms with van der Waals surface area (Å²) in [5.41, 5.74) is 4.74. The minimum Gasteiger partial charge on any atom is -0.389 e. The maximum absolute atomic E-state index is 11.7. The number of amides is 1. The van der Waals surface area contributed by atoms with Gasteiger partial charge in [0.25, 0.3) is 0 Å². The first-order valence-electron chi connectivity index (χ1n) is 5.80. The third-order valence-electron chi connectivity index (χ3n) is 3.27. The van der Waals surface area contributed by atoms with E-state index in [1.807, 2.05) is 0 Å². The van der Waals surface area contributed by atoms with Crippen molar-refractivity contribution in [1.82, 2.24) is 5.32 Å². The summed E-state index contributed by atoms with van der Waals surface area (Å²) in [6.45, 7) is 1.36. The Morgan fingerprint density at radius 3 is 2.69 bits per heavy atom. The predicted molar refractivity (Wildman–Crippen MR) is 60.8 cm³/mol. The van der Waals surface area contributed by atoms with Crippen molar-refractivity contribution in [2.24, 2.45) is 11.7 Å². The minimum atomic E-state index is -0.747. The third kappa shape index (κ3) is 3.73. The molecule has 5 nitrogen and oxygen atoms in total. The van der Waals surface area contributed by atoms with E-state index in [2.05, 4.69) is 5.32 Å². The van der Waals surface area contributed by atoms with Crippen molar-refractivity contribution < 1.29 is 14.6 Å². The van der Waals surface area contributed by atoms with Gasteiger partial charge in [-0.25, -0.2) is 0 Å². The number of hydrogen-bond acceptors (Lipinski definition) is 4. The Hall–Kier alpha value is -0.650. The molecule has 0 aromatic heterocycles. The molecule has 0 aromatic rings. The number of methoxy groups -OCH3 is 1. The smallest absolute Gasteiger partial charge is 0.223 e. The number of rotatable bonds is 5. The predicted octanol–water partition coefficient (Wildman–Crippen LogP) is -0.371. The summed E-state index contributed by atoms with van der Waals surface area (Å²) in [5, 5.41) is 12.7. The van der Waals surface area contributed by atoms with Gasteiger partial charge in [0.15, 0.2) is 0 Å². The fraction of sp³-hybridized carbons (Fsp3) is 0.909. The van der Waals surface area contributed by atoms with Crippen molar-refractivity contribution in [1.29, 1.82) is 0 Å². The molecule has 16 heavy (non-hydrogen) atoms. The molecule has 1 aliphatic rings. The molecule has 1 saturated carbocycles. The van der Waals surface area contributed by atoms with E-state index < -0.39 is 5.60 Å². The van der Waals surface area contributed by atoms with Crippen LogP contribution < -0.4 is 11.1 Å². The largest absolute Gasteiger partial charge is 0.389 e. The SMILES string of the molecule is COCCNC(=O)C1CCC(O)(CN)CC1. The molecule has 0 atom stereocenters. The molecule has 1 amide bonds. The van der Waals surface area contributed by atoms with Gasteiger partial charge < -0.3 is 20.9 Å². The number of nitrogens with two attached hydrogens (primary N) is 1. The normalized spacial score (nSPS) is 30.1. The van der Waals surface area contributed by atoms with E-state index in [-0.39, 0.29) is 18.4 Å². The van der Waals surface area contributed by atoms with Crippen LogP contribution in [-0.4, -0.2) is 43.4 Å². The van der Waals surface area contributed by atoms with Gasteiger partial charge in [-0.15, -0.1) is 0 Å². The summed E-state index contributed by atoms with van der Waals surface area (Å²) in [6, 6.07) is 0. The van der Waals surface area contributed by atoms with Gasteiger partial charge in [0, 0.05) is 26.1 Å². The second kappa shape index (κ2) is 6.18. The van der Waals surface area contributed by atoms with Crippen LogP contribution in [0.3, 0.4) is 0 Å². The number of aliphatic hydroxyl groups is 1. The molecule has 0 aromatic carbocycles. The van der Waals surface area contributed by atoms with Gasteiger partial charge in [-0.05, 0) is 25.7 Å². The molecule has 0 aliphatic heterocycles. The summed E-state index contributed by atoms with van der Waals surface area (Å²) in [6.07, 6.45) is 2.66. The number of carbonyl (C=O) groups is 1. The second-order valence-electron chi connectivity index (χ2n) is 4.49. The number of carbonyl (C=O) groups excluding carboxylic acids is 1. The quantitative estimate of drug-likeness (QED) is 0.563. The monoisotopic (exact) mass is 230 g/mol. The van der Waals surface area contributed by atoms with Crippen molar-refractivity contribution in [3.05, 3.63) is 0 Å². The van der Waals surface area contributed by atoms with Gasteiger partial charge in [-0.1, -0.05) is 0 Å². The van der Waals surface area contributed by atoms with Crippen LogP contribution in [0.2, 0.25) is 0 Å².